The molecular formula is C16H23N3O2. The summed E-state index contributed by atoms with van der Waals surface area (Å²) in [5.41, 5.74) is 8.47. The fourth-order valence-corrected chi connectivity index (χ4v) is 3.72. The predicted molar refractivity (Wildman–Crippen MR) is 83.4 cm³/mol. The SMILES string of the molecule is CN(C)C(=O)c1ccc(N2C3CCC2CC(O)C3)c(N)c1. The first-order valence-electron chi connectivity index (χ1n) is 7.55. The van der Waals surface area contributed by atoms with E-state index in [1.54, 1.807) is 25.1 Å². The summed E-state index contributed by atoms with van der Waals surface area (Å²) in [6, 6.07) is 6.31. The lowest BCUT2D eigenvalue weighted by Crippen LogP contribution is -2.45. The molecule has 0 aromatic heterocycles. The van der Waals surface area contributed by atoms with Gasteiger partial charge in [0.15, 0.2) is 0 Å². The van der Waals surface area contributed by atoms with Crippen molar-refractivity contribution in [2.45, 2.75) is 43.9 Å². The quantitative estimate of drug-likeness (QED) is 0.809. The van der Waals surface area contributed by atoms with Gasteiger partial charge >= 0.3 is 0 Å². The second kappa shape index (κ2) is 5.22. The monoisotopic (exact) mass is 289 g/mol. The number of nitrogens with two attached hydrogens (primary N) is 1. The first-order chi connectivity index (χ1) is 9.97. The molecule has 2 bridgehead atoms. The summed E-state index contributed by atoms with van der Waals surface area (Å²) in [7, 11) is 3.47. The molecule has 3 N–H and O–H groups in total. The third kappa shape index (κ3) is 2.46. The van der Waals surface area contributed by atoms with Gasteiger partial charge in [0.25, 0.3) is 5.91 Å². The molecule has 5 nitrogen and oxygen atoms in total. The molecule has 114 valence electrons. The normalized spacial score (nSPS) is 27.8. The molecule has 2 heterocycles. The Morgan fingerprint density at radius 3 is 2.43 bits per heavy atom. The number of aliphatic hydroxyl groups is 1. The third-order valence-electron chi connectivity index (χ3n) is 4.67. The topological polar surface area (TPSA) is 69.8 Å². The summed E-state index contributed by atoms with van der Waals surface area (Å²) in [4.78, 5) is 15.9. The van der Waals surface area contributed by atoms with E-state index >= 15 is 0 Å². The van der Waals surface area contributed by atoms with Crippen LogP contribution in [0.4, 0.5) is 11.4 Å². The lowest BCUT2D eigenvalue weighted by Gasteiger charge is -2.39. The minimum Gasteiger partial charge on any atom is -0.397 e. The number of carbonyl (C=O) groups is 1. The lowest BCUT2D eigenvalue weighted by molar-refractivity contribution is 0.0827. The van der Waals surface area contributed by atoms with Gasteiger partial charge in [-0.3, -0.25) is 4.79 Å². The molecule has 0 spiro atoms. The van der Waals surface area contributed by atoms with E-state index in [-0.39, 0.29) is 12.0 Å². The highest BCUT2D eigenvalue weighted by atomic mass is 16.3. The maximum absolute atomic E-state index is 12.0. The van der Waals surface area contributed by atoms with Gasteiger partial charge in [0, 0.05) is 31.7 Å². The number of carbonyl (C=O) groups excluding carboxylic acids is 1. The Kier molecular flexibility index (Phi) is 3.53. The number of aliphatic hydroxyl groups excluding tert-OH is 1. The van der Waals surface area contributed by atoms with E-state index in [0.29, 0.717) is 23.3 Å². The third-order valence-corrected chi connectivity index (χ3v) is 4.67. The molecule has 21 heavy (non-hydrogen) atoms. The minimum atomic E-state index is -0.186. The molecule has 0 saturated carbocycles. The van der Waals surface area contributed by atoms with Gasteiger partial charge < -0.3 is 20.6 Å². The Morgan fingerprint density at radius 1 is 1.29 bits per heavy atom. The van der Waals surface area contributed by atoms with Crippen molar-refractivity contribution in [2.75, 3.05) is 24.7 Å². The Hall–Kier alpha value is -1.75. The molecule has 2 aliphatic heterocycles. The molecule has 2 fully saturated rings. The Balaban J connectivity index is 1.89. The number of piperidine rings is 1. The van der Waals surface area contributed by atoms with Crippen LogP contribution in [0.1, 0.15) is 36.0 Å². The van der Waals surface area contributed by atoms with Crippen LogP contribution in [0.25, 0.3) is 0 Å². The molecule has 2 atom stereocenters. The van der Waals surface area contributed by atoms with Crippen LogP contribution in [-0.2, 0) is 0 Å². The zero-order chi connectivity index (χ0) is 15.1. The maximum Gasteiger partial charge on any atom is 0.253 e. The van der Waals surface area contributed by atoms with E-state index in [0.717, 1.165) is 31.4 Å². The maximum atomic E-state index is 12.0. The number of nitrogens with zero attached hydrogens (tertiary/aromatic N) is 2. The Bertz CT molecular complexity index is 544. The summed E-state index contributed by atoms with van der Waals surface area (Å²) in [5.74, 6) is -0.0368. The number of hydrogen-bond donors (Lipinski definition) is 2. The van der Waals surface area contributed by atoms with E-state index in [2.05, 4.69) is 4.90 Å². The average Bonchev–Trinajstić information content (AvgIpc) is 2.69. The summed E-state index contributed by atoms with van der Waals surface area (Å²) in [6.07, 6.45) is 3.66. The second-order valence-electron chi connectivity index (χ2n) is 6.39. The highest BCUT2D eigenvalue weighted by Gasteiger charge is 2.40. The van der Waals surface area contributed by atoms with Crippen LogP contribution in [0.15, 0.2) is 18.2 Å². The van der Waals surface area contributed by atoms with E-state index < -0.39 is 0 Å². The van der Waals surface area contributed by atoms with Crippen molar-refractivity contribution < 1.29 is 9.90 Å². The van der Waals surface area contributed by atoms with E-state index in [4.69, 9.17) is 5.73 Å². The number of amides is 1. The van der Waals surface area contributed by atoms with Crippen molar-refractivity contribution in [2.24, 2.45) is 0 Å². The van der Waals surface area contributed by atoms with Crippen molar-refractivity contribution in [1.82, 2.24) is 4.90 Å². The number of benzene rings is 1. The number of anilines is 2. The minimum absolute atomic E-state index is 0.0368. The smallest absolute Gasteiger partial charge is 0.253 e. The standard InChI is InChI=1S/C16H23N3O2/c1-18(2)16(21)10-3-6-15(14(17)7-10)19-11-4-5-12(19)9-13(20)8-11/h3,6-7,11-13,20H,4-5,8-9,17H2,1-2H3. The van der Waals surface area contributed by atoms with Crippen LogP contribution in [0, 0.1) is 0 Å². The fraction of sp³-hybridized carbons (Fsp3) is 0.562. The summed E-state index contributed by atoms with van der Waals surface area (Å²) < 4.78 is 0. The molecule has 2 aliphatic rings. The van der Waals surface area contributed by atoms with Gasteiger partial charge in [0.1, 0.15) is 0 Å². The second-order valence-corrected chi connectivity index (χ2v) is 6.39. The first-order valence-corrected chi connectivity index (χ1v) is 7.55. The first kappa shape index (κ1) is 14.2. The van der Waals surface area contributed by atoms with Crippen molar-refractivity contribution in [3.05, 3.63) is 23.8 Å². The number of hydrogen-bond acceptors (Lipinski definition) is 4. The predicted octanol–water partition coefficient (Wildman–Crippen LogP) is 1.46. The van der Waals surface area contributed by atoms with Gasteiger partial charge in [-0.2, -0.15) is 0 Å². The van der Waals surface area contributed by atoms with E-state index in [9.17, 15) is 9.90 Å². The van der Waals surface area contributed by atoms with Crippen molar-refractivity contribution in [3.8, 4) is 0 Å². The van der Waals surface area contributed by atoms with E-state index in [1.807, 2.05) is 12.1 Å². The summed E-state index contributed by atoms with van der Waals surface area (Å²) in [5, 5.41) is 9.89. The van der Waals surface area contributed by atoms with Crippen molar-refractivity contribution >= 4 is 17.3 Å². The summed E-state index contributed by atoms with van der Waals surface area (Å²) in [6.45, 7) is 0. The molecule has 1 aromatic rings. The van der Waals surface area contributed by atoms with Gasteiger partial charge in [-0.1, -0.05) is 0 Å². The Morgan fingerprint density at radius 2 is 1.90 bits per heavy atom. The number of nitrogen functional groups attached to an aromatic ring is 1. The zero-order valence-electron chi connectivity index (χ0n) is 12.6. The van der Waals surface area contributed by atoms with Crippen LogP contribution in [0.3, 0.4) is 0 Å². The molecule has 5 heteroatoms. The molecule has 0 aliphatic carbocycles. The van der Waals surface area contributed by atoms with Crippen LogP contribution in [-0.4, -0.2) is 48.2 Å². The van der Waals surface area contributed by atoms with Gasteiger partial charge in [0.2, 0.25) is 0 Å². The van der Waals surface area contributed by atoms with E-state index in [1.165, 1.54) is 0 Å². The molecule has 2 saturated heterocycles. The number of rotatable bonds is 2. The Labute approximate surface area is 125 Å². The van der Waals surface area contributed by atoms with Crippen LogP contribution in [0.5, 0.6) is 0 Å². The lowest BCUT2D eigenvalue weighted by atomic mass is 9.98. The largest absolute Gasteiger partial charge is 0.397 e. The van der Waals surface area contributed by atoms with Gasteiger partial charge in [-0.05, 0) is 43.9 Å². The molecule has 3 rings (SSSR count). The fourth-order valence-electron chi connectivity index (χ4n) is 3.72. The van der Waals surface area contributed by atoms with Crippen molar-refractivity contribution in [3.63, 3.8) is 0 Å². The van der Waals surface area contributed by atoms with Crippen molar-refractivity contribution in [1.29, 1.82) is 0 Å². The molecule has 1 amide bonds. The zero-order valence-corrected chi connectivity index (χ0v) is 12.6. The van der Waals surface area contributed by atoms with Crippen LogP contribution >= 0.6 is 0 Å². The molecule has 2 unspecified atom stereocenters. The summed E-state index contributed by atoms with van der Waals surface area (Å²) >= 11 is 0. The van der Waals surface area contributed by atoms with Crippen LogP contribution < -0.4 is 10.6 Å². The highest BCUT2D eigenvalue weighted by Crippen LogP contribution is 2.41. The molecule has 0 radical (unpaired) electrons. The van der Waals surface area contributed by atoms with Gasteiger partial charge in [0.05, 0.1) is 17.5 Å². The van der Waals surface area contributed by atoms with Gasteiger partial charge in [-0.15, -0.1) is 0 Å². The molecule has 1 aromatic carbocycles. The van der Waals surface area contributed by atoms with Crippen LogP contribution in [0.2, 0.25) is 0 Å². The highest BCUT2D eigenvalue weighted by molar-refractivity contribution is 5.96. The number of fused-ring (bicyclic) bond motifs is 2. The van der Waals surface area contributed by atoms with Gasteiger partial charge in [-0.25, -0.2) is 0 Å². The molecular weight excluding hydrogens is 266 g/mol. The average molecular weight is 289 g/mol.